The Morgan fingerprint density at radius 1 is 1.39 bits per heavy atom. The van der Waals surface area contributed by atoms with Crippen LogP contribution in [0.2, 0.25) is 0 Å². The van der Waals surface area contributed by atoms with E-state index in [1.54, 1.807) is 0 Å². The number of hydrogen-bond donors (Lipinski definition) is 2. The molecule has 0 radical (unpaired) electrons. The van der Waals surface area contributed by atoms with Gasteiger partial charge in [0.15, 0.2) is 0 Å². The number of nitrogens with one attached hydrogen (secondary N) is 2. The van der Waals surface area contributed by atoms with E-state index in [0.717, 1.165) is 31.1 Å². The summed E-state index contributed by atoms with van der Waals surface area (Å²) in [5, 5.41) is 3.42. The van der Waals surface area contributed by atoms with Crippen LogP contribution in [-0.4, -0.2) is 16.0 Å². The highest BCUT2D eigenvalue weighted by Gasteiger charge is 2.30. The van der Waals surface area contributed by atoms with Crippen molar-refractivity contribution in [3.8, 4) is 0 Å². The van der Waals surface area contributed by atoms with Crippen LogP contribution >= 0.6 is 0 Å². The van der Waals surface area contributed by atoms with Crippen LogP contribution in [-0.2, 0) is 19.4 Å². The molecule has 0 aliphatic heterocycles. The Balaban J connectivity index is 2.05. The third kappa shape index (κ3) is 3.14. The summed E-state index contributed by atoms with van der Waals surface area (Å²) in [4.78, 5) is 8.24. The van der Waals surface area contributed by atoms with Gasteiger partial charge in [-0.15, -0.1) is 0 Å². The van der Waals surface area contributed by atoms with Crippen molar-refractivity contribution < 1.29 is 0 Å². The summed E-state index contributed by atoms with van der Waals surface area (Å²) in [5.41, 5.74) is 3.08. The molecule has 1 aromatic heterocycles. The normalized spacial score (nSPS) is 20.2. The van der Waals surface area contributed by atoms with Gasteiger partial charge in [0, 0.05) is 11.7 Å². The van der Waals surface area contributed by atoms with Gasteiger partial charge in [0.25, 0.3) is 0 Å². The molecular formula is C15H27N3. The number of imidazole rings is 1. The molecule has 1 unspecified atom stereocenters. The molecule has 0 bridgehead atoms. The van der Waals surface area contributed by atoms with E-state index in [4.69, 9.17) is 4.98 Å². The molecule has 2 N–H and O–H groups in total. The largest absolute Gasteiger partial charge is 0.345 e. The van der Waals surface area contributed by atoms with Gasteiger partial charge >= 0.3 is 0 Å². The van der Waals surface area contributed by atoms with Crippen LogP contribution in [0.15, 0.2) is 0 Å². The van der Waals surface area contributed by atoms with E-state index in [0.29, 0.717) is 11.5 Å². The van der Waals surface area contributed by atoms with Crippen molar-refractivity contribution in [3.05, 3.63) is 17.2 Å². The van der Waals surface area contributed by atoms with E-state index in [1.807, 2.05) is 0 Å². The second-order valence-corrected chi connectivity index (χ2v) is 6.95. The van der Waals surface area contributed by atoms with Crippen molar-refractivity contribution in [1.29, 1.82) is 0 Å². The second-order valence-electron chi connectivity index (χ2n) is 6.95. The van der Waals surface area contributed by atoms with Gasteiger partial charge in [0.2, 0.25) is 0 Å². The van der Waals surface area contributed by atoms with Crippen LogP contribution in [0.5, 0.6) is 0 Å². The maximum Gasteiger partial charge on any atom is 0.120 e. The fraction of sp³-hybridized carbons (Fsp3) is 0.800. The second kappa shape index (κ2) is 5.04. The van der Waals surface area contributed by atoms with Gasteiger partial charge in [0.05, 0.1) is 12.2 Å². The molecule has 1 aliphatic rings. The Labute approximate surface area is 111 Å². The molecule has 1 aromatic rings. The van der Waals surface area contributed by atoms with Crippen molar-refractivity contribution >= 4 is 0 Å². The maximum atomic E-state index is 4.72. The molecule has 0 saturated heterocycles. The fourth-order valence-corrected chi connectivity index (χ4v) is 2.66. The highest BCUT2D eigenvalue weighted by molar-refractivity contribution is 5.19. The molecule has 18 heavy (non-hydrogen) atoms. The van der Waals surface area contributed by atoms with Crippen molar-refractivity contribution in [1.82, 2.24) is 15.3 Å². The Kier molecular flexibility index (Phi) is 3.81. The number of aryl methyl sites for hydroxylation is 1. The molecule has 1 aliphatic carbocycles. The van der Waals surface area contributed by atoms with E-state index in [1.165, 1.54) is 17.8 Å². The predicted molar refractivity (Wildman–Crippen MR) is 75.5 cm³/mol. The quantitative estimate of drug-likeness (QED) is 0.864. The lowest BCUT2D eigenvalue weighted by atomic mass is 9.73. The lowest BCUT2D eigenvalue weighted by molar-refractivity contribution is 0.214. The van der Waals surface area contributed by atoms with Crippen LogP contribution in [0.3, 0.4) is 0 Å². The highest BCUT2D eigenvalue weighted by Crippen LogP contribution is 2.36. The summed E-state index contributed by atoms with van der Waals surface area (Å²) >= 11 is 0. The van der Waals surface area contributed by atoms with Gasteiger partial charge in [-0.3, -0.25) is 0 Å². The molecule has 0 fully saturated rings. The minimum Gasteiger partial charge on any atom is -0.345 e. The molecule has 0 saturated carbocycles. The van der Waals surface area contributed by atoms with E-state index in [2.05, 4.69) is 44.9 Å². The van der Waals surface area contributed by atoms with Crippen LogP contribution < -0.4 is 5.32 Å². The number of aromatic nitrogens is 2. The lowest BCUT2D eigenvalue weighted by Gasteiger charge is -2.33. The maximum absolute atomic E-state index is 4.72. The standard InChI is InChI=1S/C15H27N3/c1-10(2)16-9-14-17-12-7-6-11(15(3,4)5)8-13(12)18-14/h10-11,16H,6-9H2,1-5H3,(H,17,18). The summed E-state index contributed by atoms with van der Waals surface area (Å²) in [6.45, 7) is 12.2. The van der Waals surface area contributed by atoms with Crippen LogP contribution in [0.4, 0.5) is 0 Å². The van der Waals surface area contributed by atoms with Crippen molar-refractivity contribution in [2.45, 2.75) is 66.5 Å². The fourth-order valence-electron chi connectivity index (χ4n) is 2.66. The number of H-pyrrole nitrogens is 1. The van der Waals surface area contributed by atoms with Gasteiger partial charge < -0.3 is 10.3 Å². The average Bonchev–Trinajstić information content (AvgIpc) is 2.66. The van der Waals surface area contributed by atoms with Gasteiger partial charge in [-0.1, -0.05) is 34.6 Å². The molecule has 0 aromatic carbocycles. The zero-order chi connectivity index (χ0) is 13.3. The summed E-state index contributed by atoms with van der Waals surface area (Å²) in [7, 11) is 0. The first-order valence-corrected chi connectivity index (χ1v) is 7.16. The lowest BCUT2D eigenvalue weighted by Crippen LogP contribution is -2.26. The Bertz CT molecular complexity index is 398. The first-order valence-electron chi connectivity index (χ1n) is 7.16. The molecule has 3 heteroatoms. The number of fused-ring (bicyclic) bond motifs is 1. The van der Waals surface area contributed by atoms with E-state index in [9.17, 15) is 0 Å². The monoisotopic (exact) mass is 249 g/mol. The number of aromatic amines is 1. The van der Waals surface area contributed by atoms with Crippen molar-refractivity contribution in [3.63, 3.8) is 0 Å². The topological polar surface area (TPSA) is 40.7 Å². The van der Waals surface area contributed by atoms with Gasteiger partial charge in [0.1, 0.15) is 5.82 Å². The summed E-state index contributed by atoms with van der Waals surface area (Å²) in [6, 6.07) is 0.509. The van der Waals surface area contributed by atoms with Crippen LogP contribution in [0.25, 0.3) is 0 Å². The molecule has 1 atom stereocenters. The Hall–Kier alpha value is -0.830. The van der Waals surface area contributed by atoms with Gasteiger partial charge in [-0.05, 0) is 30.6 Å². The molecular weight excluding hydrogens is 222 g/mol. The summed E-state index contributed by atoms with van der Waals surface area (Å²) in [5.74, 6) is 1.87. The van der Waals surface area contributed by atoms with Crippen molar-refractivity contribution in [2.24, 2.45) is 11.3 Å². The molecule has 3 nitrogen and oxygen atoms in total. The zero-order valence-corrected chi connectivity index (χ0v) is 12.4. The predicted octanol–water partition coefficient (Wildman–Crippen LogP) is 3.06. The van der Waals surface area contributed by atoms with Crippen LogP contribution in [0.1, 0.15) is 58.3 Å². The molecule has 1 heterocycles. The smallest absolute Gasteiger partial charge is 0.120 e. The van der Waals surface area contributed by atoms with Gasteiger partial charge in [-0.25, -0.2) is 4.98 Å². The number of rotatable bonds is 3. The SMILES string of the molecule is CC(C)NCc1nc2c([nH]1)CC(C(C)(C)C)CC2. The molecule has 2 rings (SSSR count). The van der Waals surface area contributed by atoms with Crippen molar-refractivity contribution in [2.75, 3.05) is 0 Å². The minimum absolute atomic E-state index is 0.402. The Morgan fingerprint density at radius 3 is 2.72 bits per heavy atom. The third-order valence-corrected chi connectivity index (χ3v) is 4.00. The van der Waals surface area contributed by atoms with E-state index >= 15 is 0 Å². The number of hydrogen-bond acceptors (Lipinski definition) is 2. The first-order chi connectivity index (χ1) is 8.36. The summed E-state index contributed by atoms with van der Waals surface area (Å²) in [6.07, 6.45) is 3.57. The summed E-state index contributed by atoms with van der Waals surface area (Å²) < 4.78 is 0. The van der Waals surface area contributed by atoms with E-state index < -0.39 is 0 Å². The highest BCUT2D eigenvalue weighted by atomic mass is 15.0. The van der Waals surface area contributed by atoms with E-state index in [-0.39, 0.29) is 0 Å². The Morgan fingerprint density at radius 2 is 2.11 bits per heavy atom. The van der Waals surface area contributed by atoms with Gasteiger partial charge in [-0.2, -0.15) is 0 Å². The molecule has 0 amide bonds. The molecule has 0 spiro atoms. The zero-order valence-electron chi connectivity index (χ0n) is 12.4. The van der Waals surface area contributed by atoms with Crippen LogP contribution in [0, 0.1) is 11.3 Å². The minimum atomic E-state index is 0.402. The molecule has 102 valence electrons. The average molecular weight is 249 g/mol. The third-order valence-electron chi connectivity index (χ3n) is 4.00. The first kappa shape index (κ1) is 13.6. The number of nitrogens with zero attached hydrogens (tertiary/aromatic N) is 1.